The monoisotopic (exact) mass is 317 g/mol. The fourth-order valence-electron chi connectivity index (χ4n) is 2.50. The van der Waals surface area contributed by atoms with Crippen LogP contribution in [0.25, 0.3) is 10.9 Å². The van der Waals surface area contributed by atoms with Gasteiger partial charge in [0.2, 0.25) is 5.91 Å². The van der Waals surface area contributed by atoms with E-state index in [1.807, 2.05) is 38.1 Å². The van der Waals surface area contributed by atoms with Gasteiger partial charge in [-0.15, -0.1) is 0 Å². The van der Waals surface area contributed by atoms with E-state index in [-0.39, 0.29) is 12.3 Å². The van der Waals surface area contributed by atoms with Crippen molar-refractivity contribution in [2.45, 2.75) is 38.8 Å². The summed E-state index contributed by atoms with van der Waals surface area (Å²) in [5.74, 6) is -1.50. The SMILES string of the molecule is CCC(C)[C@H](N)C(=O)N[C@@H](Cc1c[nH]c2ccccc12)C(=O)O. The summed E-state index contributed by atoms with van der Waals surface area (Å²) in [5, 5.41) is 12.9. The average Bonchev–Trinajstić information content (AvgIpc) is 2.95. The smallest absolute Gasteiger partial charge is 0.326 e. The zero-order valence-corrected chi connectivity index (χ0v) is 13.4. The van der Waals surface area contributed by atoms with Gasteiger partial charge in [0.05, 0.1) is 6.04 Å². The Morgan fingerprint density at radius 2 is 2.04 bits per heavy atom. The van der Waals surface area contributed by atoms with E-state index < -0.39 is 24.0 Å². The molecule has 2 rings (SSSR count). The molecule has 0 aliphatic rings. The summed E-state index contributed by atoms with van der Waals surface area (Å²) in [4.78, 5) is 26.7. The van der Waals surface area contributed by atoms with Crippen LogP contribution in [-0.4, -0.2) is 34.1 Å². The number of H-pyrrole nitrogens is 1. The molecule has 6 heteroatoms. The number of rotatable bonds is 7. The molecule has 0 radical (unpaired) electrons. The number of aromatic nitrogens is 1. The molecular formula is C17H23N3O3. The highest BCUT2D eigenvalue weighted by molar-refractivity contribution is 5.88. The number of nitrogens with two attached hydrogens (primary N) is 1. The standard InChI is InChI=1S/C17H23N3O3/c1-3-10(2)15(18)16(21)20-14(17(22)23)8-11-9-19-13-7-5-4-6-12(11)13/h4-7,9-10,14-15,19H,3,8,18H2,1-2H3,(H,20,21)(H,22,23)/t10?,14-,15-/m0/s1. The van der Waals surface area contributed by atoms with Crippen molar-refractivity contribution in [3.8, 4) is 0 Å². The number of hydrogen-bond donors (Lipinski definition) is 4. The van der Waals surface area contributed by atoms with E-state index in [2.05, 4.69) is 10.3 Å². The Bertz CT molecular complexity index is 695. The van der Waals surface area contributed by atoms with Crippen molar-refractivity contribution in [1.82, 2.24) is 10.3 Å². The fourth-order valence-corrected chi connectivity index (χ4v) is 2.50. The summed E-state index contributed by atoms with van der Waals surface area (Å²) in [7, 11) is 0. The Hall–Kier alpha value is -2.34. The topological polar surface area (TPSA) is 108 Å². The molecule has 2 aromatic rings. The Morgan fingerprint density at radius 1 is 1.35 bits per heavy atom. The maximum atomic E-state index is 12.1. The lowest BCUT2D eigenvalue weighted by molar-refractivity contribution is -0.142. The summed E-state index contributed by atoms with van der Waals surface area (Å²) >= 11 is 0. The van der Waals surface area contributed by atoms with Gasteiger partial charge in [0.1, 0.15) is 6.04 Å². The lowest BCUT2D eigenvalue weighted by Gasteiger charge is -2.21. The number of carboxylic acid groups (broad SMARTS) is 1. The Morgan fingerprint density at radius 3 is 2.70 bits per heavy atom. The number of benzene rings is 1. The molecule has 0 bridgehead atoms. The number of aliphatic carboxylic acids is 1. The second kappa shape index (κ2) is 7.28. The third kappa shape index (κ3) is 3.90. The first-order valence-corrected chi connectivity index (χ1v) is 7.77. The lowest BCUT2D eigenvalue weighted by Crippen LogP contribution is -2.51. The van der Waals surface area contributed by atoms with Gasteiger partial charge in [-0.25, -0.2) is 4.79 Å². The van der Waals surface area contributed by atoms with Crippen LogP contribution in [-0.2, 0) is 16.0 Å². The predicted molar refractivity (Wildman–Crippen MR) is 89.0 cm³/mol. The molecule has 0 fully saturated rings. The molecule has 0 aliphatic heterocycles. The zero-order chi connectivity index (χ0) is 17.0. The molecule has 1 aromatic heterocycles. The molecule has 0 aliphatic carbocycles. The summed E-state index contributed by atoms with van der Waals surface area (Å²) in [6, 6.07) is 5.94. The van der Waals surface area contributed by atoms with Crippen LogP contribution in [0.15, 0.2) is 30.5 Å². The maximum Gasteiger partial charge on any atom is 0.326 e. The van der Waals surface area contributed by atoms with E-state index in [0.717, 1.165) is 22.9 Å². The largest absolute Gasteiger partial charge is 0.480 e. The van der Waals surface area contributed by atoms with Gasteiger partial charge in [0.25, 0.3) is 0 Å². The van der Waals surface area contributed by atoms with E-state index in [9.17, 15) is 14.7 Å². The van der Waals surface area contributed by atoms with Gasteiger partial charge in [-0.05, 0) is 17.5 Å². The molecule has 3 atom stereocenters. The number of carbonyl (C=O) groups excluding carboxylic acids is 1. The van der Waals surface area contributed by atoms with E-state index in [0.29, 0.717) is 0 Å². The van der Waals surface area contributed by atoms with Gasteiger partial charge < -0.3 is 21.1 Å². The summed E-state index contributed by atoms with van der Waals surface area (Å²) in [6.07, 6.45) is 2.74. The fraction of sp³-hybridized carbons (Fsp3) is 0.412. The first-order chi connectivity index (χ1) is 10.9. The average molecular weight is 317 g/mol. The molecule has 124 valence electrons. The number of hydrogen-bond acceptors (Lipinski definition) is 3. The molecule has 0 saturated heterocycles. The number of nitrogens with one attached hydrogen (secondary N) is 2. The minimum absolute atomic E-state index is 0.00228. The van der Waals surface area contributed by atoms with Crippen molar-refractivity contribution >= 4 is 22.8 Å². The molecular weight excluding hydrogens is 294 g/mol. The lowest BCUT2D eigenvalue weighted by atomic mass is 9.98. The van der Waals surface area contributed by atoms with Crippen LogP contribution in [0, 0.1) is 5.92 Å². The zero-order valence-electron chi connectivity index (χ0n) is 13.4. The van der Waals surface area contributed by atoms with Gasteiger partial charge in [-0.2, -0.15) is 0 Å². The number of amides is 1. The van der Waals surface area contributed by atoms with Crippen molar-refractivity contribution in [1.29, 1.82) is 0 Å². The number of carboxylic acids is 1. The Kier molecular flexibility index (Phi) is 5.39. The molecule has 0 saturated carbocycles. The normalized spacial score (nSPS) is 15.1. The van der Waals surface area contributed by atoms with E-state index in [1.54, 1.807) is 6.20 Å². The van der Waals surface area contributed by atoms with Gasteiger partial charge in [-0.1, -0.05) is 38.5 Å². The molecule has 1 amide bonds. The first kappa shape index (κ1) is 17.0. The number of para-hydroxylation sites is 1. The Balaban J connectivity index is 2.13. The van der Waals surface area contributed by atoms with Crippen LogP contribution in [0.5, 0.6) is 0 Å². The van der Waals surface area contributed by atoms with Crippen LogP contribution >= 0.6 is 0 Å². The molecule has 1 aromatic carbocycles. The molecule has 6 nitrogen and oxygen atoms in total. The van der Waals surface area contributed by atoms with Crippen LogP contribution in [0.1, 0.15) is 25.8 Å². The maximum absolute atomic E-state index is 12.1. The molecule has 1 unspecified atom stereocenters. The molecule has 23 heavy (non-hydrogen) atoms. The van der Waals surface area contributed by atoms with E-state index in [4.69, 9.17) is 5.73 Å². The summed E-state index contributed by atoms with van der Waals surface area (Å²) in [5.41, 5.74) is 7.66. The second-order valence-electron chi connectivity index (χ2n) is 5.87. The summed E-state index contributed by atoms with van der Waals surface area (Å²) < 4.78 is 0. The van der Waals surface area contributed by atoms with Crippen molar-refractivity contribution in [3.63, 3.8) is 0 Å². The highest BCUT2D eigenvalue weighted by Gasteiger charge is 2.26. The molecule has 5 N–H and O–H groups in total. The van der Waals surface area contributed by atoms with Crippen LogP contribution in [0.2, 0.25) is 0 Å². The van der Waals surface area contributed by atoms with E-state index in [1.165, 1.54) is 0 Å². The predicted octanol–water partition coefficient (Wildman–Crippen LogP) is 1.65. The van der Waals surface area contributed by atoms with Crippen LogP contribution in [0.4, 0.5) is 0 Å². The van der Waals surface area contributed by atoms with Crippen molar-refractivity contribution in [2.75, 3.05) is 0 Å². The minimum atomic E-state index is -1.07. The number of carbonyl (C=O) groups is 2. The summed E-state index contributed by atoms with van der Waals surface area (Å²) in [6.45, 7) is 3.82. The van der Waals surface area contributed by atoms with Crippen molar-refractivity contribution < 1.29 is 14.7 Å². The van der Waals surface area contributed by atoms with Crippen LogP contribution in [0.3, 0.4) is 0 Å². The van der Waals surface area contributed by atoms with Crippen molar-refractivity contribution in [3.05, 3.63) is 36.0 Å². The third-order valence-electron chi connectivity index (χ3n) is 4.27. The van der Waals surface area contributed by atoms with Crippen molar-refractivity contribution in [2.24, 2.45) is 11.7 Å². The van der Waals surface area contributed by atoms with Gasteiger partial charge in [0.15, 0.2) is 0 Å². The highest BCUT2D eigenvalue weighted by Crippen LogP contribution is 2.19. The number of fused-ring (bicyclic) bond motifs is 1. The second-order valence-corrected chi connectivity index (χ2v) is 5.87. The molecule has 0 spiro atoms. The first-order valence-electron chi connectivity index (χ1n) is 7.77. The van der Waals surface area contributed by atoms with E-state index >= 15 is 0 Å². The van der Waals surface area contributed by atoms with Gasteiger partial charge >= 0.3 is 5.97 Å². The van der Waals surface area contributed by atoms with Gasteiger partial charge in [-0.3, -0.25) is 4.79 Å². The van der Waals surface area contributed by atoms with Gasteiger partial charge in [0, 0.05) is 23.5 Å². The minimum Gasteiger partial charge on any atom is -0.480 e. The molecule has 1 heterocycles. The highest BCUT2D eigenvalue weighted by atomic mass is 16.4. The third-order valence-corrected chi connectivity index (χ3v) is 4.27. The van der Waals surface area contributed by atoms with Crippen LogP contribution < -0.4 is 11.1 Å². The quantitative estimate of drug-likeness (QED) is 0.622. The Labute approximate surface area is 135 Å². The number of aromatic amines is 1.